The average molecular weight is 272 g/mol. The highest BCUT2D eigenvalue weighted by atomic mass is 35.5. The van der Waals surface area contributed by atoms with E-state index in [2.05, 4.69) is 17.3 Å². The number of aromatic nitrogens is 2. The van der Waals surface area contributed by atoms with E-state index in [1.807, 2.05) is 18.7 Å². The molecule has 0 spiro atoms. The van der Waals surface area contributed by atoms with Gasteiger partial charge in [0.15, 0.2) is 0 Å². The van der Waals surface area contributed by atoms with E-state index in [1.54, 1.807) is 6.20 Å². The number of nitrogens with one attached hydrogen (secondary N) is 1. The largest absolute Gasteiger partial charge is 0.376 e. The molecule has 0 saturated heterocycles. The zero-order valence-corrected chi connectivity index (χ0v) is 12.1. The Morgan fingerprint density at radius 2 is 2.28 bits per heavy atom. The summed E-state index contributed by atoms with van der Waals surface area (Å²) in [5.41, 5.74) is 1.05. The van der Waals surface area contributed by atoms with Gasteiger partial charge in [-0.25, -0.2) is 0 Å². The first-order chi connectivity index (χ1) is 8.72. The molecule has 18 heavy (non-hydrogen) atoms. The van der Waals surface area contributed by atoms with Crippen molar-refractivity contribution < 1.29 is 4.74 Å². The maximum absolute atomic E-state index is 6.29. The molecule has 4 nitrogen and oxygen atoms in total. The summed E-state index contributed by atoms with van der Waals surface area (Å²) in [7, 11) is 1.96. The van der Waals surface area contributed by atoms with E-state index in [-0.39, 0.29) is 12.1 Å². The molecule has 0 aromatic carbocycles. The van der Waals surface area contributed by atoms with E-state index < -0.39 is 0 Å². The van der Waals surface area contributed by atoms with Gasteiger partial charge in [-0.15, -0.1) is 0 Å². The van der Waals surface area contributed by atoms with Crippen molar-refractivity contribution in [2.45, 2.75) is 45.4 Å². The van der Waals surface area contributed by atoms with Crippen molar-refractivity contribution in [1.82, 2.24) is 15.1 Å². The molecule has 0 aliphatic heterocycles. The Bertz CT molecular complexity index is 390. The minimum atomic E-state index is 0.118. The van der Waals surface area contributed by atoms with Crippen LogP contribution in [0.5, 0.6) is 0 Å². The molecule has 1 aromatic rings. The van der Waals surface area contributed by atoms with Crippen molar-refractivity contribution in [1.29, 1.82) is 0 Å². The van der Waals surface area contributed by atoms with Crippen LogP contribution in [0, 0.1) is 5.92 Å². The summed E-state index contributed by atoms with van der Waals surface area (Å²) >= 11 is 6.29. The summed E-state index contributed by atoms with van der Waals surface area (Å²) in [5, 5.41) is 8.39. The van der Waals surface area contributed by atoms with Gasteiger partial charge in [0.05, 0.1) is 29.1 Å². The SMILES string of the molecule is CCOC(C1CC1)C(NC)c1c(Cl)cnn1CC. The minimum Gasteiger partial charge on any atom is -0.376 e. The molecule has 1 heterocycles. The smallest absolute Gasteiger partial charge is 0.0835 e. The topological polar surface area (TPSA) is 39.1 Å². The van der Waals surface area contributed by atoms with Crippen LogP contribution in [-0.2, 0) is 11.3 Å². The third kappa shape index (κ3) is 2.71. The van der Waals surface area contributed by atoms with E-state index in [4.69, 9.17) is 16.3 Å². The summed E-state index contributed by atoms with van der Waals surface area (Å²) in [5.74, 6) is 0.652. The van der Waals surface area contributed by atoms with E-state index in [1.165, 1.54) is 12.8 Å². The minimum absolute atomic E-state index is 0.118. The summed E-state index contributed by atoms with van der Waals surface area (Å²) in [6.07, 6.45) is 4.42. The summed E-state index contributed by atoms with van der Waals surface area (Å²) < 4.78 is 7.89. The number of hydrogen-bond acceptors (Lipinski definition) is 3. The van der Waals surface area contributed by atoms with Crippen LogP contribution < -0.4 is 5.32 Å². The van der Waals surface area contributed by atoms with E-state index in [0.29, 0.717) is 5.92 Å². The van der Waals surface area contributed by atoms with Gasteiger partial charge < -0.3 is 10.1 Å². The van der Waals surface area contributed by atoms with Gasteiger partial charge in [0, 0.05) is 13.2 Å². The molecule has 0 radical (unpaired) electrons. The molecule has 1 saturated carbocycles. The van der Waals surface area contributed by atoms with Gasteiger partial charge in [0.2, 0.25) is 0 Å². The first kappa shape index (κ1) is 13.8. The van der Waals surface area contributed by atoms with Gasteiger partial charge in [-0.05, 0) is 39.7 Å². The Balaban J connectivity index is 2.27. The fourth-order valence-corrected chi connectivity index (χ4v) is 2.77. The van der Waals surface area contributed by atoms with Gasteiger partial charge >= 0.3 is 0 Å². The zero-order valence-electron chi connectivity index (χ0n) is 11.3. The summed E-state index contributed by atoms with van der Waals surface area (Å²) in [4.78, 5) is 0. The molecule has 1 aliphatic rings. The predicted octanol–water partition coefficient (Wildman–Crippen LogP) is 2.63. The lowest BCUT2D eigenvalue weighted by Crippen LogP contribution is -2.35. The molecule has 0 amide bonds. The van der Waals surface area contributed by atoms with Gasteiger partial charge in [-0.2, -0.15) is 5.10 Å². The zero-order chi connectivity index (χ0) is 13.1. The van der Waals surface area contributed by atoms with Crippen molar-refractivity contribution in [3.05, 3.63) is 16.9 Å². The average Bonchev–Trinajstić information content (AvgIpc) is 3.15. The number of likely N-dealkylation sites (N-methyl/N-ethyl adjacent to an activating group) is 1. The molecule has 2 unspecified atom stereocenters. The van der Waals surface area contributed by atoms with Crippen molar-refractivity contribution in [3.8, 4) is 0 Å². The number of aryl methyl sites for hydroxylation is 1. The monoisotopic (exact) mass is 271 g/mol. The quantitative estimate of drug-likeness (QED) is 0.829. The Kier molecular flexibility index (Phi) is 4.65. The Morgan fingerprint density at radius 1 is 1.56 bits per heavy atom. The van der Waals surface area contributed by atoms with Crippen LogP contribution in [0.4, 0.5) is 0 Å². The van der Waals surface area contributed by atoms with Crippen LogP contribution >= 0.6 is 11.6 Å². The molecule has 1 N–H and O–H groups in total. The van der Waals surface area contributed by atoms with E-state index >= 15 is 0 Å². The van der Waals surface area contributed by atoms with Gasteiger partial charge in [-0.1, -0.05) is 11.6 Å². The second-order valence-corrected chi connectivity index (χ2v) is 5.12. The molecule has 2 rings (SSSR count). The third-order valence-corrected chi connectivity index (χ3v) is 3.80. The molecular formula is C13H22ClN3O. The highest BCUT2D eigenvalue weighted by Gasteiger charge is 2.39. The number of hydrogen-bond donors (Lipinski definition) is 1. The summed E-state index contributed by atoms with van der Waals surface area (Å²) in [6.45, 7) is 5.67. The highest BCUT2D eigenvalue weighted by Crippen LogP contribution is 2.41. The first-order valence-electron chi connectivity index (χ1n) is 6.72. The lowest BCUT2D eigenvalue weighted by atomic mass is 10.0. The number of nitrogens with zero attached hydrogens (tertiary/aromatic N) is 2. The second-order valence-electron chi connectivity index (χ2n) is 4.72. The normalized spacial score (nSPS) is 18.9. The van der Waals surface area contributed by atoms with Crippen LogP contribution in [0.1, 0.15) is 38.4 Å². The van der Waals surface area contributed by atoms with Crippen LogP contribution in [0.3, 0.4) is 0 Å². The number of halogens is 1. The van der Waals surface area contributed by atoms with Crippen molar-refractivity contribution in [3.63, 3.8) is 0 Å². The fraction of sp³-hybridized carbons (Fsp3) is 0.769. The molecule has 2 atom stereocenters. The molecule has 1 aromatic heterocycles. The van der Waals surface area contributed by atoms with Crippen LogP contribution in [0.2, 0.25) is 5.02 Å². The van der Waals surface area contributed by atoms with Gasteiger partial charge in [0.25, 0.3) is 0 Å². The van der Waals surface area contributed by atoms with E-state index in [9.17, 15) is 0 Å². The first-order valence-corrected chi connectivity index (χ1v) is 7.10. The Morgan fingerprint density at radius 3 is 2.78 bits per heavy atom. The van der Waals surface area contributed by atoms with Crippen molar-refractivity contribution in [2.24, 2.45) is 5.92 Å². The molecule has 1 aliphatic carbocycles. The Hall–Kier alpha value is -0.580. The third-order valence-electron chi connectivity index (χ3n) is 3.51. The molecule has 102 valence electrons. The molecular weight excluding hydrogens is 250 g/mol. The van der Waals surface area contributed by atoms with Gasteiger partial charge in [-0.3, -0.25) is 4.68 Å². The van der Waals surface area contributed by atoms with Crippen LogP contribution in [0.25, 0.3) is 0 Å². The van der Waals surface area contributed by atoms with E-state index in [0.717, 1.165) is 23.9 Å². The number of rotatable bonds is 7. The molecule has 0 bridgehead atoms. The number of ether oxygens (including phenoxy) is 1. The Labute approximate surface area is 114 Å². The highest BCUT2D eigenvalue weighted by molar-refractivity contribution is 6.31. The van der Waals surface area contributed by atoms with Crippen molar-refractivity contribution in [2.75, 3.05) is 13.7 Å². The van der Waals surface area contributed by atoms with Crippen LogP contribution in [-0.4, -0.2) is 29.5 Å². The fourth-order valence-electron chi connectivity index (χ4n) is 2.51. The molecule has 1 fully saturated rings. The maximum Gasteiger partial charge on any atom is 0.0835 e. The van der Waals surface area contributed by atoms with Gasteiger partial charge in [0.1, 0.15) is 0 Å². The summed E-state index contributed by atoms with van der Waals surface area (Å²) in [6, 6.07) is 0.118. The van der Waals surface area contributed by atoms with Crippen molar-refractivity contribution >= 4 is 11.6 Å². The predicted molar refractivity (Wildman–Crippen MR) is 72.8 cm³/mol. The second kappa shape index (κ2) is 6.04. The standard InChI is InChI=1S/C13H22ClN3O/c1-4-17-12(10(14)8-16-17)11(15-3)13(18-5-2)9-6-7-9/h8-9,11,13,15H,4-7H2,1-3H3. The maximum atomic E-state index is 6.29. The van der Waals surface area contributed by atoms with Crippen LogP contribution in [0.15, 0.2) is 6.20 Å². The lowest BCUT2D eigenvalue weighted by molar-refractivity contribution is 0.0183. The molecule has 5 heteroatoms. The lowest BCUT2D eigenvalue weighted by Gasteiger charge is -2.27.